The number of aryl methyl sites for hydroxylation is 1. The molecule has 0 atom stereocenters. The van der Waals surface area contributed by atoms with Crippen molar-refractivity contribution in [1.82, 2.24) is 0 Å². The first-order valence-electron chi connectivity index (χ1n) is 6.35. The monoisotopic (exact) mass is 487 g/mol. The van der Waals surface area contributed by atoms with Gasteiger partial charge in [0.2, 0.25) is 0 Å². The summed E-state index contributed by atoms with van der Waals surface area (Å²) in [7, 11) is 0. The molecule has 0 radical (unpaired) electrons. The van der Waals surface area contributed by atoms with Gasteiger partial charge < -0.3 is 10.0 Å². The van der Waals surface area contributed by atoms with Crippen LogP contribution in [0.25, 0.3) is 0 Å². The van der Waals surface area contributed by atoms with Gasteiger partial charge in [0.05, 0.1) is 0 Å². The first-order chi connectivity index (χ1) is 9.17. The summed E-state index contributed by atoms with van der Waals surface area (Å²) in [6.45, 7) is 2.14. The van der Waals surface area contributed by atoms with Crippen LogP contribution in [0.3, 0.4) is 0 Å². The summed E-state index contributed by atoms with van der Waals surface area (Å²) < 4.78 is 2.24. The molecule has 106 valence electrons. The van der Waals surface area contributed by atoms with Crippen molar-refractivity contribution < 1.29 is 9.90 Å². The molecular formula is C14H19I2NO2. The van der Waals surface area contributed by atoms with E-state index in [1.54, 1.807) is 0 Å². The number of alkyl halides is 2. The Hall–Kier alpha value is -0.0500. The zero-order valence-corrected chi connectivity index (χ0v) is 15.1. The molecule has 0 aromatic heterocycles. The maximum Gasteiger partial charge on any atom is 0.303 e. The smallest absolute Gasteiger partial charge is 0.303 e. The van der Waals surface area contributed by atoms with E-state index in [9.17, 15) is 4.79 Å². The fourth-order valence-electron chi connectivity index (χ4n) is 1.89. The molecule has 0 aliphatic heterocycles. The van der Waals surface area contributed by atoms with Crippen molar-refractivity contribution in [3.05, 3.63) is 29.8 Å². The predicted molar refractivity (Wildman–Crippen MR) is 97.0 cm³/mol. The molecule has 1 aromatic carbocycles. The molecule has 19 heavy (non-hydrogen) atoms. The van der Waals surface area contributed by atoms with Crippen LogP contribution in [0, 0.1) is 0 Å². The molecule has 1 aromatic rings. The van der Waals surface area contributed by atoms with E-state index in [0.29, 0.717) is 6.42 Å². The second kappa shape index (κ2) is 9.79. The lowest BCUT2D eigenvalue weighted by molar-refractivity contribution is -0.137. The standard InChI is InChI=1S/C14H19I2NO2/c15-8-10-17(11-9-16)13-6-4-12(5-7-13)2-1-3-14(18)19/h4-7H,1-3,8-11H2,(H,18,19). The maximum atomic E-state index is 10.5. The van der Waals surface area contributed by atoms with Gasteiger partial charge in [0.25, 0.3) is 0 Å². The highest BCUT2D eigenvalue weighted by Crippen LogP contribution is 2.17. The largest absolute Gasteiger partial charge is 0.481 e. The number of carboxylic acid groups (broad SMARTS) is 1. The van der Waals surface area contributed by atoms with Gasteiger partial charge in [-0.05, 0) is 30.5 Å². The number of benzene rings is 1. The summed E-state index contributed by atoms with van der Waals surface area (Å²) in [5.74, 6) is -0.716. The molecule has 0 saturated heterocycles. The summed E-state index contributed by atoms with van der Waals surface area (Å²) in [5, 5.41) is 8.62. The average molecular weight is 487 g/mol. The zero-order chi connectivity index (χ0) is 14.1. The van der Waals surface area contributed by atoms with Crippen molar-refractivity contribution in [3.8, 4) is 0 Å². The number of rotatable bonds is 9. The van der Waals surface area contributed by atoms with Crippen molar-refractivity contribution in [3.63, 3.8) is 0 Å². The molecule has 1 N–H and O–H groups in total. The molecule has 0 fully saturated rings. The van der Waals surface area contributed by atoms with Gasteiger partial charge in [-0.1, -0.05) is 57.3 Å². The van der Waals surface area contributed by atoms with Crippen LogP contribution in [-0.4, -0.2) is 33.0 Å². The number of anilines is 1. The molecule has 0 aliphatic carbocycles. The molecule has 0 amide bonds. The van der Waals surface area contributed by atoms with Crippen LogP contribution in [0.15, 0.2) is 24.3 Å². The van der Waals surface area contributed by atoms with Gasteiger partial charge >= 0.3 is 5.97 Å². The number of carbonyl (C=O) groups is 1. The Kier molecular flexibility index (Phi) is 8.76. The van der Waals surface area contributed by atoms with Crippen molar-refractivity contribution in [1.29, 1.82) is 0 Å². The molecule has 1 rings (SSSR count). The van der Waals surface area contributed by atoms with Gasteiger partial charge in [-0.3, -0.25) is 4.79 Å². The first kappa shape index (κ1) is 17.0. The number of halogens is 2. The first-order valence-corrected chi connectivity index (χ1v) is 9.40. The maximum absolute atomic E-state index is 10.5. The Morgan fingerprint density at radius 2 is 1.68 bits per heavy atom. The molecule has 0 spiro atoms. The van der Waals surface area contributed by atoms with E-state index >= 15 is 0 Å². The van der Waals surface area contributed by atoms with Crippen molar-refractivity contribution in [2.45, 2.75) is 19.3 Å². The summed E-state index contributed by atoms with van der Waals surface area (Å²) in [5.41, 5.74) is 2.48. The normalized spacial score (nSPS) is 10.4. The van der Waals surface area contributed by atoms with Crippen LogP contribution in [0.5, 0.6) is 0 Å². The summed E-state index contributed by atoms with van der Waals surface area (Å²) in [6.07, 6.45) is 1.79. The Morgan fingerprint density at radius 3 is 2.16 bits per heavy atom. The van der Waals surface area contributed by atoms with Crippen molar-refractivity contribution in [2.24, 2.45) is 0 Å². The third kappa shape index (κ3) is 6.78. The number of nitrogens with zero attached hydrogens (tertiary/aromatic N) is 1. The average Bonchev–Trinajstić information content (AvgIpc) is 2.39. The van der Waals surface area contributed by atoms with E-state index in [0.717, 1.165) is 28.4 Å². The molecule has 0 unspecified atom stereocenters. The van der Waals surface area contributed by atoms with Gasteiger partial charge in [-0.25, -0.2) is 0 Å². The zero-order valence-electron chi connectivity index (χ0n) is 10.8. The number of aliphatic carboxylic acids is 1. The summed E-state index contributed by atoms with van der Waals surface area (Å²) >= 11 is 4.80. The van der Waals surface area contributed by atoms with Gasteiger partial charge in [0.15, 0.2) is 0 Å². The number of carboxylic acids is 1. The van der Waals surface area contributed by atoms with Gasteiger partial charge in [-0.2, -0.15) is 0 Å². The van der Waals surface area contributed by atoms with Crippen LogP contribution >= 0.6 is 45.2 Å². The molecule has 0 heterocycles. The SMILES string of the molecule is O=C(O)CCCc1ccc(N(CCI)CCI)cc1. The quantitative estimate of drug-likeness (QED) is 0.426. The van der Waals surface area contributed by atoms with Gasteiger partial charge in [0.1, 0.15) is 0 Å². The Labute approximate surface area is 142 Å². The fraction of sp³-hybridized carbons (Fsp3) is 0.500. The third-order valence-electron chi connectivity index (χ3n) is 2.87. The Morgan fingerprint density at radius 1 is 1.11 bits per heavy atom. The highest BCUT2D eigenvalue weighted by atomic mass is 127. The highest BCUT2D eigenvalue weighted by molar-refractivity contribution is 14.1. The summed E-state index contributed by atoms with van der Waals surface area (Å²) in [4.78, 5) is 12.9. The Balaban J connectivity index is 2.55. The van der Waals surface area contributed by atoms with Crippen molar-refractivity contribution in [2.75, 3.05) is 26.8 Å². The minimum Gasteiger partial charge on any atom is -0.481 e. The minimum atomic E-state index is -0.716. The van der Waals surface area contributed by atoms with E-state index in [1.165, 1.54) is 11.3 Å². The van der Waals surface area contributed by atoms with E-state index in [4.69, 9.17) is 5.11 Å². The molecule has 0 bridgehead atoms. The van der Waals surface area contributed by atoms with Crippen LogP contribution in [0.1, 0.15) is 18.4 Å². The van der Waals surface area contributed by atoms with E-state index in [2.05, 4.69) is 74.3 Å². The molecule has 0 saturated carbocycles. The lowest BCUT2D eigenvalue weighted by Crippen LogP contribution is -2.27. The van der Waals surface area contributed by atoms with Gasteiger partial charge in [0, 0.05) is 34.1 Å². The van der Waals surface area contributed by atoms with Crippen molar-refractivity contribution >= 4 is 56.8 Å². The van der Waals surface area contributed by atoms with Crippen LogP contribution in [-0.2, 0) is 11.2 Å². The van der Waals surface area contributed by atoms with Crippen LogP contribution in [0.2, 0.25) is 0 Å². The second-order valence-corrected chi connectivity index (χ2v) is 6.44. The molecular weight excluding hydrogens is 468 g/mol. The van der Waals surface area contributed by atoms with E-state index in [-0.39, 0.29) is 6.42 Å². The lowest BCUT2D eigenvalue weighted by Gasteiger charge is -2.23. The molecule has 3 nitrogen and oxygen atoms in total. The van der Waals surface area contributed by atoms with Crippen LogP contribution < -0.4 is 4.90 Å². The summed E-state index contributed by atoms with van der Waals surface area (Å²) in [6, 6.07) is 8.53. The number of hydrogen-bond acceptors (Lipinski definition) is 2. The minimum absolute atomic E-state index is 0.248. The topological polar surface area (TPSA) is 40.5 Å². The second-order valence-electron chi connectivity index (χ2n) is 4.28. The van der Waals surface area contributed by atoms with E-state index in [1.807, 2.05) is 0 Å². The fourth-order valence-corrected chi connectivity index (χ4v) is 3.06. The van der Waals surface area contributed by atoms with Crippen LogP contribution in [0.4, 0.5) is 5.69 Å². The molecule has 5 heteroatoms. The predicted octanol–water partition coefficient (Wildman–Crippen LogP) is 3.77. The van der Waals surface area contributed by atoms with E-state index < -0.39 is 5.97 Å². The Bertz CT molecular complexity index is 376. The number of hydrogen-bond donors (Lipinski definition) is 1. The third-order valence-corrected chi connectivity index (χ3v) is 3.83. The lowest BCUT2D eigenvalue weighted by atomic mass is 10.1. The van der Waals surface area contributed by atoms with Gasteiger partial charge in [-0.15, -0.1) is 0 Å². The highest BCUT2D eigenvalue weighted by Gasteiger charge is 2.05. The molecule has 0 aliphatic rings.